The first kappa shape index (κ1) is 12.7. The van der Waals surface area contributed by atoms with Gasteiger partial charge in [-0.05, 0) is 47.6 Å². The average Bonchev–Trinajstić information content (AvgIpc) is 3.09. The van der Waals surface area contributed by atoms with Gasteiger partial charge in [0.05, 0.1) is 4.88 Å². The van der Waals surface area contributed by atoms with Crippen molar-refractivity contribution in [1.82, 2.24) is 0 Å². The third kappa shape index (κ3) is 2.18. The molecule has 0 spiro atoms. The van der Waals surface area contributed by atoms with Gasteiger partial charge in [0.1, 0.15) is 5.82 Å². The zero-order chi connectivity index (χ0) is 14.4. The molecular weight excluding hydrogens is 283 g/mol. The molecular formula is C18H13FOS. The molecule has 1 nitrogen and oxygen atoms in total. The lowest BCUT2D eigenvalue weighted by Gasteiger charge is -2.05. The van der Waals surface area contributed by atoms with Crippen LogP contribution in [0, 0.1) is 11.7 Å². The minimum atomic E-state index is -0.253. The lowest BCUT2D eigenvalue weighted by atomic mass is 9.99. The van der Waals surface area contributed by atoms with Gasteiger partial charge < -0.3 is 0 Å². The summed E-state index contributed by atoms with van der Waals surface area (Å²) in [5.74, 6) is -0.0373. The predicted molar refractivity (Wildman–Crippen MR) is 83.5 cm³/mol. The maximum absolute atomic E-state index is 13.2. The molecule has 0 unspecified atom stereocenters. The van der Waals surface area contributed by atoms with Crippen molar-refractivity contribution in [3.63, 3.8) is 0 Å². The summed E-state index contributed by atoms with van der Waals surface area (Å²) in [4.78, 5) is 13.4. The van der Waals surface area contributed by atoms with E-state index in [4.69, 9.17) is 0 Å². The van der Waals surface area contributed by atoms with Crippen LogP contribution in [-0.2, 0) is 12.8 Å². The average molecular weight is 296 g/mol. The van der Waals surface area contributed by atoms with Crippen LogP contribution in [0.25, 0.3) is 10.1 Å². The fraction of sp³-hybridized carbons (Fsp3) is 0.167. The first-order chi connectivity index (χ1) is 10.2. The number of halogens is 1. The zero-order valence-corrected chi connectivity index (χ0v) is 12.1. The van der Waals surface area contributed by atoms with Crippen LogP contribution >= 0.6 is 11.3 Å². The largest absolute Gasteiger partial charge is 0.293 e. The van der Waals surface area contributed by atoms with Crippen molar-refractivity contribution in [2.24, 2.45) is 5.92 Å². The normalized spacial score (nSPS) is 14.5. The Morgan fingerprint density at radius 3 is 2.48 bits per heavy atom. The molecule has 3 heteroatoms. The van der Waals surface area contributed by atoms with Crippen LogP contribution in [-0.4, -0.2) is 5.78 Å². The van der Waals surface area contributed by atoms with E-state index in [1.54, 1.807) is 6.07 Å². The standard InChI is InChI=1S/C18H13FOS/c19-15-6-5-13-9-17(21-16(13)10-15)18(20)14-7-11-3-1-2-4-12(11)8-14/h1-6,9-10,14H,7-8H2. The summed E-state index contributed by atoms with van der Waals surface area (Å²) in [6.45, 7) is 0. The summed E-state index contributed by atoms with van der Waals surface area (Å²) in [5, 5.41) is 0.945. The lowest BCUT2D eigenvalue weighted by molar-refractivity contribution is 0.0929. The minimum Gasteiger partial charge on any atom is -0.293 e. The number of benzene rings is 2. The Hall–Kier alpha value is -2.00. The van der Waals surface area contributed by atoms with E-state index in [1.165, 1.54) is 34.6 Å². The fourth-order valence-electron chi connectivity index (χ4n) is 3.07. The maximum Gasteiger partial charge on any atom is 0.176 e. The summed E-state index contributed by atoms with van der Waals surface area (Å²) in [5.41, 5.74) is 2.56. The first-order valence-corrected chi connectivity index (χ1v) is 7.82. The van der Waals surface area contributed by atoms with Gasteiger partial charge in [0.2, 0.25) is 0 Å². The number of thiophene rings is 1. The molecule has 0 saturated carbocycles. The Morgan fingerprint density at radius 1 is 1.05 bits per heavy atom. The first-order valence-electron chi connectivity index (χ1n) is 7.01. The molecule has 0 atom stereocenters. The van der Waals surface area contributed by atoms with Gasteiger partial charge in [-0.3, -0.25) is 4.79 Å². The number of carbonyl (C=O) groups excluding carboxylic acids is 1. The van der Waals surface area contributed by atoms with E-state index in [-0.39, 0.29) is 17.5 Å². The number of fused-ring (bicyclic) bond motifs is 2. The van der Waals surface area contributed by atoms with E-state index in [9.17, 15) is 9.18 Å². The Bertz CT molecular complexity index is 824. The number of ketones is 1. The van der Waals surface area contributed by atoms with Gasteiger partial charge in [0.25, 0.3) is 0 Å². The highest BCUT2D eigenvalue weighted by molar-refractivity contribution is 7.20. The van der Waals surface area contributed by atoms with E-state index >= 15 is 0 Å². The highest BCUT2D eigenvalue weighted by Crippen LogP contribution is 2.33. The summed E-state index contributed by atoms with van der Waals surface area (Å²) in [6, 6.07) is 14.8. The molecule has 104 valence electrons. The highest BCUT2D eigenvalue weighted by Gasteiger charge is 2.28. The third-order valence-corrected chi connectivity index (χ3v) is 5.26. The number of hydrogen-bond donors (Lipinski definition) is 0. The van der Waals surface area contributed by atoms with E-state index in [0.717, 1.165) is 27.8 Å². The highest BCUT2D eigenvalue weighted by atomic mass is 32.1. The monoisotopic (exact) mass is 296 g/mol. The van der Waals surface area contributed by atoms with Crippen molar-refractivity contribution < 1.29 is 9.18 Å². The van der Waals surface area contributed by atoms with Gasteiger partial charge >= 0.3 is 0 Å². The molecule has 0 fully saturated rings. The Balaban J connectivity index is 1.65. The van der Waals surface area contributed by atoms with Crippen LogP contribution in [0.1, 0.15) is 20.8 Å². The molecule has 0 amide bonds. The number of Topliss-reactive ketones (excluding diaryl/α,β-unsaturated/α-hetero) is 1. The van der Waals surface area contributed by atoms with Crippen LogP contribution in [0.15, 0.2) is 48.5 Å². The molecule has 4 rings (SSSR count). The quantitative estimate of drug-likeness (QED) is 0.630. The van der Waals surface area contributed by atoms with Crippen LogP contribution in [0.2, 0.25) is 0 Å². The van der Waals surface area contributed by atoms with Crippen molar-refractivity contribution in [3.8, 4) is 0 Å². The van der Waals surface area contributed by atoms with Crippen LogP contribution in [0.5, 0.6) is 0 Å². The van der Waals surface area contributed by atoms with Crippen molar-refractivity contribution in [2.45, 2.75) is 12.8 Å². The molecule has 0 bridgehead atoms. The molecule has 0 radical (unpaired) electrons. The summed E-state index contributed by atoms with van der Waals surface area (Å²) in [6.07, 6.45) is 1.63. The van der Waals surface area contributed by atoms with Gasteiger partial charge in [-0.25, -0.2) is 4.39 Å². The third-order valence-electron chi connectivity index (χ3n) is 4.15. The molecule has 21 heavy (non-hydrogen) atoms. The van der Waals surface area contributed by atoms with E-state index in [0.29, 0.717) is 0 Å². The second kappa shape index (κ2) is 4.78. The topological polar surface area (TPSA) is 17.1 Å². The Labute approximate surface area is 126 Å². The van der Waals surface area contributed by atoms with Crippen molar-refractivity contribution in [3.05, 3.63) is 70.4 Å². The van der Waals surface area contributed by atoms with Gasteiger partial charge in [-0.2, -0.15) is 0 Å². The van der Waals surface area contributed by atoms with Crippen molar-refractivity contribution >= 4 is 27.2 Å². The number of rotatable bonds is 2. The molecule has 3 aromatic rings. The van der Waals surface area contributed by atoms with Crippen molar-refractivity contribution in [1.29, 1.82) is 0 Å². The zero-order valence-electron chi connectivity index (χ0n) is 11.3. The fourth-order valence-corrected chi connectivity index (χ4v) is 4.18. The maximum atomic E-state index is 13.2. The SMILES string of the molecule is O=C(c1cc2ccc(F)cc2s1)C1Cc2ccccc2C1. The Morgan fingerprint density at radius 2 is 1.76 bits per heavy atom. The van der Waals surface area contributed by atoms with Crippen LogP contribution < -0.4 is 0 Å². The minimum absolute atomic E-state index is 0.0281. The molecule has 0 saturated heterocycles. The van der Waals surface area contributed by atoms with Gasteiger partial charge in [-0.1, -0.05) is 30.3 Å². The van der Waals surface area contributed by atoms with Gasteiger partial charge in [0, 0.05) is 10.6 Å². The summed E-state index contributed by atoms with van der Waals surface area (Å²) in [7, 11) is 0. The molecule has 1 aromatic heterocycles. The Kier molecular flexibility index (Phi) is 2.89. The molecule has 0 N–H and O–H groups in total. The number of carbonyl (C=O) groups is 1. The van der Waals surface area contributed by atoms with E-state index in [2.05, 4.69) is 12.1 Å². The van der Waals surface area contributed by atoms with Gasteiger partial charge in [0.15, 0.2) is 5.78 Å². The predicted octanol–water partition coefficient (Wildman–Crippen LogP) is 4.64. The van der Waals surface area contributed by atoms with E-state index in [1.807, 2.05) is 18.2 Å². The second-order valence-corrected chi connectivity index (χ2v) is 6.61. The second-order valence-electron chi connectivity index (χ2n) is 5.53. The van der Waals surface area contributed by atoms with Crippen molar-refractivity contribution in [2.75, 3.05) is 0 Å². The summed E-state index contributed by atoms with van der Waals surface area (Å²) < 4.78 is 14.1. The van der Waals surface area contributed by atoms with E-state index < -0.39 is 0 Å². The molecule has 1 aliphatic rings. The summed E-state index contributed by atoms with van der Waals surface area (Å²) >= 11 is 1.40. The number of hydrogen-bond acceptors (Lipinski definition) is 2. The van der Waals surface area contributed by atoms with Crippen LogP contribution in [0.4, 0.5) is 4.39 Å². The smallest absolute Gasteiger partial charge is 0.176 e. The molecule has 1 heterocycles. The molecule has 1 aliphatic carbocycles. The lowest BCUT2D eigenvalue weighted by Crippen LogP contribution is -2.13. The van der Waals surface area contributed by atoms with Gasteiger partial charge in [-0.15, -0.1) is 11.3 Å². The molecule has 2 aromatic carbocycles. The molecule has 0 aliphatic heterocycles. The van der Waals surface area contributed by atoms with Crippen LogP contribution in [0.3, 0.4) is 0 Å².